The summed E-state index contributed by atoms with van der Waals surface area (Å²) >= 11 is 1.35. The number of aryl methyl sites for hydroxylation is 1. The second kappa shape index (κ2) is 6.83. The lowest BCUT2D eigenvalue weighted by atomic mass is 10.2. The largest absolute Gasteiger partial charge is 0.310 e. The molecule has 0 aromatic carbocycles. The molecule has 0 aliphatic rings. The fourth-order valence-corrected chi connectivity index (χ4v) is 4.24. The molecule has 0 fully saturated rings. The molecule has 6 heteroatoms. The van der Waals surface area contributed by atoms with Crippen LogP contribution in [0.25, 0.3) is 0 Å². The molecule has 19 heavy (non-hydrogen) atoms. The van der Waals surface area contributed by atoms with Crippen LogP contribution in [0.3, 0.4) is 0 Å². The summed E-state index contributed by atoms with van der Waals surface area (Å²) in [5, 5.41) is 3.31. The van der Waals surface area contributed by atoms with Crippen molar-refractivity contribution >= 4 is 21.4 Å². The number of hydrogen-bond donors (Lipinski definition) is 2. The van der Waals surface area contributed by atoms with Crippen LogP contribution in [0, 0.1) is 12.8 Å². The fraction of sp³-hybridized carbons (Fsp3) is 0.692. The van der Waals surface area contributed by atoms with E-state index in [-0.39, 0.29) is 0 Å². The van der Waals surface area contributed by atoms with E-state index in [0.29, 0.717) is 29.3 Å². The Morgan fingerprint density at radius 1 is 1.26 bits per heavy atom. The second-order valence-corrected chi connectivity index (χ2v) is 8.58. The predicted octanol–water partition coefficient (Wildman–Crippen LogP) is 2.49. The summed E-state index contributed by atoms with van der Waals surface area (Å²) in [4.78, 5) is 1.08. The van der Waals surface area contributed by atoms with Gasteiger partial charge in [-0.15, -0.1) is 11.3 Å². The lowest BCUT2D eigenvalue weighted by Gasteiger charge is -2.07. The third kappa shape index (κ3) is 5.22. The van der Waals surface area contributed by atoms with E-state index in [1.54, 1.807) is 6.07 Å². The van der Waals surface area contributed by atoms with Crippen LogP contribution < -0.4 is 10.0 Å². The van der Waals surface area contributed by atoms with Gasteiger partial charge >= 0.3 is 0 Å². The second-order valence-electron chi connectivity index (χ2n) is 5.45. The zero-order chi connectivity index (χ0) is 14.6. The third-order valence-corrected chi connectivity index (χ3v) is 5.75. The van der Waals surface area contributed by atoms with Gasteiger partial charge in [-0.3, -0.25) is 0 Å². The van der Waals surface area contributed by atoms with Crippen LogP contribution in [0.1, 0.15) is 38.1 Å². The van der Waals surface area contributed by atoms with Crippen LogP contribution >= 0.6 is 11.3 Å². The van der Waals surface area contributed by atoms with Crippen LogP contribution in [0.5, 0.6) is 0 Å². The Balaban J connectivity index is 2.81. The molecule has 0 amide bonds. The average molecular weight is 304 g/mol. The summed E-state index contributed by atoms with van der Waals surface area (Å²) in [5.41, 5.74) is 1.03. The Morgan fingerprint density at radius 2 is 1.89 bits per heavy atom. The van der Waals surface area contributed by atoms with Crippen molar-refractivity contribution in [2.75, 3.05) is 6.54 Å². The molecule has 0 atom stereocenters. The first-order valence-electron chi connectivity index (χ1n) is 6.54. The maximum atomic E-state index is 12.1. The van der Waals surface area contributed by atoms with Crippen LogP contribution in [-0.2, 0) is 16.6 Å². The first-order chi connectivity index (χ1) is 8.72. The molecule has 0 bridgehead atoms. The van der Waals surface area contributed by atoms with Gasteiger partial charge < -0.3 is 5.32 Å². The van der Waals surface area contributed by atoms with E-state index in [0.717, 1.165) is 10.4 Å². The van der Waals surface area contributed by atoms with Crippen LogP contribution in [-0.4, -0.2) is 21.0 Å². The molecule has 2 N–H and O–H groups in total. The zero-order valence-electron chi connectivity index (χ0n) is 12.3. The maximum absolute atomic E-state index is 12.1. The van der Waals surface area contributed by atoms with Crippen molar-refractivity contribution < 1.29 is 8.42 Å². The van der Waals surface area contributed by atoms with Gasteiger partial charge in [-0.25, -0.2) is 13.1 Å². The van der Waals surface area contributed by atoms with Gasteiger partial charge in [0.05, 0.1) is 0 Å². The minimum Gasteiger partial charge on any atom is -0.310 e. The average Bonchev–Trinajstić information content (AvgIpc) is 2.66. The van der Waals surface area contributed by atoms with Gasteiger partial charge in [-0.1, -0.05) is 27.7 Å². The number of hydrogen-bond acceptors (Lipinski definition) is 4. The monoisotopic (exact) mass is 304 g/mol. The van der Waals surface area contributed by atoms with E-state index in [2.05, 4.69) is 23.9 Å². The Morgan fingerprint density at radius 3 is 2.42 bits per heavy atom. The number of rotatable bonds is 7. The highest BCUT2D eigenvalue weighted by molar-refractivity contribution is 7.91. The van der Waals surface area contributed by atoms with Crippen LogP contribution in [0.4, 0.5) is 0 Å². The van der Waals surface area contributed by atoms with E-state index >= 15 is 0 Å². The van der Waals surface area contributed by atoms with Crippen LogP contribution in [0.2, 0.25) is 0 Å². The molecule has 1 rings (SSSR count). The summed E-state index contributed by atoms with van der Waals surface area (Å²) in [6, 6.07) is 2.14. The smallest absolute Gasteiger partial charge is 0.250 e. The molecule has 0 saturated heterocycles. The molecule has 0 aliphatic heterocycles. The Kier molecular flexibility index (Phi) is 5.98. The highest BCUT2D eigenvalue weighted by atomic mass is 32.2. The molecule has 1 aromatic rings. The van der Waals surface area contributed by atoms with Crippen molar-refractivity contribution in [3.8, 4) is 0 Å². The van der Waals surface area contributed by atoms with Gasteiger partial charge in [0.25, 0.3) is 0 Å². The van der Waals surface area contributed by atoms with Crippen molar-refractivity contribution in [1.29, 1.82) is 0 Å². The van der Waals surface area contributed by atoms with E-state index in [9.17, 15) is 8.42 Å². The molecule has 0 aliphatic carbocycles. The summed E-state index contributed by atoms with van der Waals surface area (Å²) in [5.74, 6) is 0.304. The van der Waals surface area contributed by atoms with Crippen LogP contribution in [0.15, 0.2) is 10.3 Å². The summed E-state index contributed by atoms with van der Waals surface area (Å²) in [6.07, 6.45) is 0. The van der Waals surface area contributed by atoms with Gasteiger partial charge in [-0.2, -0.15) is 0 Å². The number of sulfonamides is 1. The summed E-state index contributed by atoms with van der Waals surface area (Å²) in [7, 11) is -3.35. The molecular formula is C13H24N2O2S2. The van der Waals surface area contributed by atoms with Crippen molar-refractivity contribution in [3.63, 3.8) is 0 Å². The molecule has 4 nitrogen and oxygen atoms in total. The molecule has 0 saturated carbocycles. The van der Waals surface area contributed by atoms with E-state index < -0.39 is 10.0 Å². The Hall–Kier alpha value is -0.430. The molecule has 110 valence electrons. The lowest BCUT2D eigenvalue weighted by Crippen LogP contribution is -2.26. The molecule has 1 aromatic heterocycles. The molecule has 0 spiro atoms. The molecule has 0 unspecified atom stereocenters. The van der Waals surface area contributed by atoms with Crippen molar-refractivity contribution in [2.24, 2.45) is 5.92 Å². The highest BCUT2D eigenvalue weighted by Crippen LogP contribution is 2.26. The minimum atomic E-state index is -3.35. The van der Waals surface area contributed by atoms with Gasteiger partial charge in [-0.05, 0) is 24.5 Å². The first kappa shape index (κ1) is 16.6. The van der Waals surface area contributed by atoms with E-state index in [4.69, 9.17) is 0 Å². The standard InChI is InChI=1S/C13H24N2O2S2/c1-9(2)7-15-19(16,17)13-6-11(5)12(18-13)8-14-10(3)4/h6,9-10,14-15H,7-8H2,1-5H3. The minimum absolute atomic E-state index is 0.304. The third-order valence-electron chi connectivity index (χ3n) is 2.62. The maximum Gasteiger partial charge on any atom is 0.250 e. The lowest BCUT2D eigenvalue weighted by molar-refractivity contribution is 0.562. The van der Waals surface area contributed by atoms with Gasteiger partial charge in [0.2, 0.25) is 10.0 Å². The first-order valence-corrected chi connectivity index (χ1v) is 8.84. The number of thiophene rings is 1. The molecule has 1 heterocycles. The van der Waals surface area contributed by atoms with Gasteiger partial charge in [0.1, 0.15) is 4.21 Å². The molecular weight excluding hydrogens is 280 g/mol. The van der Waals surface area contributed by atoms with E-state index in [1.165, 1.54) is 11.3 Å². The van der Waals surface area contributed by atoms with Crippen molar-refractivity contribution in [3.05, 3.63) is 16.5 Å². The number of nitrogens with one attached hydrogen (secondary N) is 2. The quantitative estimate of drug-likeness (QED) is 0.813. The fourth-order valence-electron chi connectivity index (χ4n) is 1.44. The van der Waals surface area contributed by atoms with Gasteiger partial charge in [0.15, 0.2) is 0 Å². The Labute approximate surface area is 120 Å². The van der Waals surface area contributed by atoms with Crippen molar-refractivity contribution in [1.82, 2.24) is 10.0 Å². The summed E-state index contributed by atoms with van der Waals surface area (Å²) < 4.78 is 27.3. The summed E-state index contributed by atoms with van der Waals surface area (Å²) in [6.45, 7) is 11.3. The zero-order valence-corrected chi connectivity index (χ0v) is 13.9. The predicted molar refractivity (Wildman–Crippen MR) is 81.1 cm³/mol. The normalized spacial score (nSPS) is 12.6. The van der Waals surface area contributed by atoms with Gasteiger partial charge in [0, 0.05) is 24.0 Å². The molecule has 0 radical (unpaired) electrons. The SMILES string of the molecule is Cc1cc(S(=O)(=O)NCC(C)C)sc1CNC(C)C. The highest BCUT2D eigenvalue weighted by Gasteiger charge is 2.18. The topological polar surface area (TPSA) is 58.2 Å². The Bertz CT molecular complexity index is 505. The van der Waals surface area contributed by atoms with Crippen molar-refractivity contribution in [2.45, 2.75) is 51.4 Å². The van der Waals surface area contributed by atoms with E-state index in [1.807, 2.05) is 20.8 Å².